The summed E-state index contributed by atoms with van der Waals surface area (Å²) in [5, 5.41) is 5.59. The molecule has 0 aliphatic carbocycles. The Hall–Kier alpha value is -3.80. The van der Waals surface area contributed by atoms with Gasteiger partial charge in [0, 0.05) is 5.69 Å². The standard InChI is InChI=1S/C24H24N2O4/c1-16-7-6-8-18(13-16)25-24(28)19-9-4-5-10-20(19)26-23(27)15-30-21-12-11-17(2)14-22(21)29-3/h4-14H,15H2,1-3H3,(H,25,28)(H,26,27). The highest BCUT2D eigenvalue weighted by Crippen LogP contribution is 2.27. The van der Waals surface area contributed by atoms with Crippen molar-refractivity contribution in [2.75, 3.05) is 24.4 Å². The lowest BCUT2D eigenvalue weighted by atomic mass is 10.1. The lowest BCUT2D eigenvalue weighted by Gasteiger charge is -2.13. The smallest absolute Gasteiger partial charge is 0.262 e. The number of rotatable bonds is 7. The van der Waals surface area contributed by atoms with Gasteiger partial charge in [-0.2, -0.15) is 0 Å². The molecule has 3 aromatic carbocycles. The molecule has 0 spiro atoms. The van der Waals surface area contributed by atoms with Crippen molar-refractivity contribution in [3.8, 4) is 11.5 Å². The van der Waals surface area contributed by atoms with E-state index in [1.807, 2.05) is 50.2 Å². The molecule has 30 heavy (non-hydrogen) atoms. The van der Waals surface area contributed by atoms with E-state index in [4.69, 9.17) is 9.47 Å². The van der Waals surface area contributed by atoms with Crippen molar-refractivity contribution in [1.29, 1.82) is 0 Å². The number of methoxy groups -OCH3 is 1. The predicted octanol–water partition coefficient (Wildman–Crippen LogP) is 4.58. The van der Waals surface area contributed by atoms with Gasteiger partial charge in [0.05, 0.1) is 18.4 Å². The molecule has 3 aromatic rings. The van der Waals surface area contributed by atoms with Gasteiger partial charge >= 0.3 is 0 Å². The molecule has 2 amide bonds. The number of ether oxygens (including phenoxy) is 2. The molecule has 3 rings (SSSR count). The van der Waals surface area contributed by atoms with Crippen molar-refractivity contribution in [1.82, 2.24) is 0 Å². The van der Waals surface area contributed by atoms with Crippen molar-refractivity contribution >= 4 is 23.2 Å². The zero-order chi connectivity index (χ0) is 21.5. The normalized spacial score (nSPS) is 10.2. The van der Waals surface area contributed by atoms with E-state index >= 15 is 0 Å². The van der Waals surface area contributed by atoms with Crippen LogP contribution in [0.25, 0.3) is 0 Å². The summed E-state index contributed by atoms with van der Waals surface area (Å²) >= 11 is 0. The van der Waals surface area contributed by atoms with Gasteiger partial charge in [-0.15, -0.1) is 0 Å². The van der Waals surface area contributed by atoms with Crippen LogP contribution >= 0.6 is 0 Å². The van der Waals surface area contributed by atoms with E-state index < -0.39 is 0 Å². The topological polar surface area (TPSA) is 76.7 Å². The van der Waals surface area contributed by atoms with Gasteiger partial charge in [-0.1, -0.05) is 30.3 Å². The minimum atomic E-state index is -0.381. The molecule has 0 aromatic heterocycles. The molecule has 0 aliphatic heterocycles. The highest BCUT2D eigenvalue weighted by atomic mass is 16.5. The first-order valence-electron chi connectivity index (χ1n) is 9.50. The predicted molar refractivity (Wildman–Crippen MR) is 117 cm³/mol. The molecule has 0 heterocycles. The van der Waals surface area contributed by atoms with Crippen LogP contribution in [0.3, 0.4) is 0 Å². The summed E-state index contributed by atoms with van der Waals surface area (Å²) in [4.78, 5) is 25.1. The molecule has 2 N–H and O–H groups in total. The van der Waals surface area contributed by atoms with Crippen LogP contribution in [0, 0.1) is 13.8 Å². The van der Waals surface area contributed by atoms with E-state index in [9.17, 15) is 9.59 Å². The quantitative estimate of drug-likeness (QED) is 0.604. The number of aryl methyl sites for hydroxylation is 2. The molecule has 0 radical (unpaired) electrons. The van der Waals surface area contributed by atoms with E-state index in [0.717, 1.165) is 11.1 Å². The summed E-state index contributed by atoms with van der Waals surface area (Å²) < 4.78 is 10.9. The fourth-order valence-corrected chi connectivity index (χ4v) is 2.94. The number of carbonyl (C=O) groups is 2. The number of anilines is 2. The van der Waals surface area contributed by atoms with Crippen LogP contribution in [-0.2, 0) is 4.79 Å². The zero-order valence-corrected chi connectivity index (χ0v) is 17.2. The fraction of sp³-hybridized carbons (Fsp3) is 0.167. The lowest BCUT2D eigenvalue weighted by molar-refractivity contribution is -0.118. The van der Waals surface area contributed by atoms with Crippen molar-refractivity contribution in [3.05, 3.63) is 83.4 Å². The van der Waals surface area contributed by atoms with Crippen LogP contribution < -0.4 is 20.1 Å². The van der Waals surface area contributed by atoms with E-state index in [1.54, 1.807) is 37.4 Å². The summed E-state index contributed by atoms with van der Waals surface area (Å²) in [7, 11) is 1.55. The van der Waals surface area contributed by atoms with Gasteiger partial charge in [0.25, 0.3) is 11.8 Å². The Morgan fingerprint density at radius 2 is 1.60 bits per heavy atom. The van der Waals surface area contributed by atoms with Gasteiger partial charge in [-0.05, 0) is 61.4 Å². The molecule has 154 valence electrons. The molecule has 0 saturated carbocycles. The third-order valence-corrected chi connectivity index (χ3v) is 4.40. The zero-order valence-electron chi connectivity index (χ0n) is 17.2. The third kappa shape index (κ3) is 5.38. The third-order valence-electron chi connectivity index (χ3n) is 4.40. The molecule has 0 aliphatic rings. The summed E-state index contributed by atoms with van der Waals surface area (Å²) in [6, 6.07) is 19.8. The first-order valence-corrected chi connectivity index (χ1v) is 9.50. The van der Waals surface area contributed by atoms with Crippen LogP contribution in [0.4, 0.5) is 11.4 Å². The van der Waals surface area contributed by atoms with Gasteiger partial charge in [-0.3, -0.25) is 9.59 Å². The average molecular weight is 404 g/mol. The van der Waals surface area contributed by atoms with Crippen molar-refractivity contribution in [3.63, 3.8) is 0 Å². The highest BCUT2D eigenvalue weighted by Gasteiger charge is 2.14. The van der Waals surface area contributed by atoms with Crippen molar-refractivity contribution in [2.45, 2.75) is 13.8 Å². The number of hydrogen-bond donors (Lipinski definition) is 2. The molecule has 6 nitrogen and oxygen atoms in total. The van der Waals surface area contributed by atoms with E-state index in [2.05, 4.69) is 10.6 Å². The second kappa shape index (κ2) is 9.60. The van der Waals surface area contributed by atoms with E-state index in [0.29, 0.717) is 28.4 Å². The Kier molecular flexibility index (Phi) is 6.70. The van der Waals surface area contributed by atoms with Crippen LogP contribution in [-0.4, -0.2) is 25.5 Å². The van der Waals surface area contributed by atoms with E-state index in [-0.39, 0.29) is 18.4 Å². The van der Waals surface area contributed by atoms with Crippen LogP contribution in [0.1, 0.15) is 21.5 Å². The van der Waals surface area contributed by atoms with Crippen LogP contribution in [0.15, 0.2) is 66.7 Å². The number of benzene rings is 3. The minimum Gasteiger partial charge on any atom is -0.493 e. The molecule has 0 fully saturated rings. The molecular formula is C24H24N2O4. The molecule has 0 saturated heterocycles. The monoisotopic (exact) mass is 404 g/mol. The Balaban J connectivity index is 1.67. The maximum Gasteiger partial charge on any atom is 0.262 e. The van der Waals surface area contributed by atoms with Gasteiger partial charge in [-0.25, -0.2) is 0 Å². The van der Waals surface area contributed by atoms with Crippen molar-refractivity contribution < 1.29 is 19.1 Å². The minimum absolute atomic E-state index is 0.215. The second-order valence-corrected chi connectivity index (χ2v) is 6.86. The number of para-hydroxylation sites is 1. The summed E-state index contributed by atoms with van der Waals surface area (Å²) in [6.07, 6.45) is 0. The first-order chi connectivity index (χ1) is 14.5. The van der Waals surface area contributed by atoms with Gasteiger partial charge in [0.2, 0.25) is 0 Å². The van der Waals surface area contributed by atoms with Gasteiger partial charge in [0.1, 0.15) is 0 Å². The second-order valence-electron chi connectivity index (χ2n) is 6.86. The molecular weight excluding hydrogens is 380 g/mol. The van der Waals surface area contributed by atoms with Crippen LogP contribution in [0.5, 0.6) is 11.5 Å². The Labute approximate surface area is 175 Å². The molecule has 0 atom stereocenters. The Bertz CT molecular complexity index is 1060. The Morgan fingerprint density at radius 1 is 0.833 bits per heavy atom. The maximum absolute atomic E-state index is 12.7. The average Bonchev–Trinajstić information content (AvgIpc) is 2.73. The molecule has 6 heteroatoms. The molecule has 0 bridgehead atoms. The first kappa shape index (κ1) is 20.9. The number of amides is 2. The van der Waals surface area contributed by atoms with Crippen LogP contribution in [0.2, 0.25) is 0 Å². The summed E-state index contributed by atoms with van der Waals surface area (Å²) in [5.74, 6) is 0.343. The fourth-order valence-electron chi connectivity index (χ4n) is 2.94. The number of hydrogen-bond acceptors (Lipinski definition) is 4. The highest BCUT2D eigenvalue weighted by molar-refractivity contribution is 6.10. The summed E-state index contributed by atoms with van der Waals surface area (Å²) in [6.45, 7) is 3.68. The number of carbonyl (C=O) groups excluding carboxylic acids is 2. The lowest BCUT2D eigenvalue weighted by Crippen LogP contribution is -2.23. The number of nitrogens with one attached hydrogen (secondary N) is 2. The van der Waals surface area contributed by atoms with Crippen molar-refractivity contribution in [2.24, 2.45) is 0 Å². The maximum atomic E-state index is 12.7. The largest absolute Gasteiger partial charge is 0.493 e. The molecule has 0 unspecified atom stereocenters. The Morgan fingerprint density at radius 3 is 2.37 bits per heavy atom. The van der Waals surface area contributed by atoms with Gasteiger partial charge < -0.3 is 20.1 Å². The summed E-state index contributed by atoms with van der Waals surface area (Å²) in [5.41, 5.74) is 3.53. The van der Waals surface area contributed by atoms with Gasteiger partial charge in [0.15, 0.2) is 18.1 Å². The SMILES string of the molecule is COc1cc(C)ccc1OCC(=O)Nc1ccccc1C(=O)Nc1cccc(C)c1. The van der Waals surface area contributed by atoms with E-state index in [1.165, 1.54) is 0 Å².